The minimum absolute atomic E-state index is 0.0463. The molecule has 0 spiro atoms. The summed E-state index contributed by atoms with van der Waals surface area (Å²) < 4.78 is 0. The molecule has 1 aromatic heterocycles. The molecule has 58 valence electrons. The van der Waals surface area contributed by atoms with Gasteiger partial charge in [0.2, 0.25) is 0 Å². The lowest BCUT2D eigenvalue weighted by Crippen LogP contribution is -2.00. The van der Waals surface area contributed by atoms with Crippen LogP contribution in [0.25, 0.3) is 0 Å². The number of carbonyl (C=O) groups is 1. The maximum atomic E-state index is 11.0. The molecule has 2 N–H and O–H groups in total. The second-order valence-electron chi connectivity index (χ2n) is 2.25. The molecule has 0 aliphatic rings. The highest BCUT2D eigenvalue weighted by Crippen LogP contribution is 2.02. The van der Waals surface area contributed by atoms with Gasteiger partial charge in [-0.05, 0) is 12.1 Å². The highest BCUT2D eigenvalue weighted by molar-refractivity contribution is 5.94. The number of hydrogen-bond donors (Lipinski definition) is 1. The van der Waals surface area contributed by atoms with E-state index >= 15 is 0 Å². The Labute approximate surface area is 65.2 Å². The third-order valence-electron chi connectivity index (χ3n) is 1.39. The van der Waals surface area contributed by atoms with Crippen molar-refractivity contribution >= 4 is 11.5 Å². The highest BCUT2D eigenvalue weighted by Gasteiger charge is 2.02. The molecular weight excluding hydrogens is 140 g/mol. The van der Waals surface area contributed by atoms with Gasteiger partial charge in [0.25, 0.3) is 0 Å². The zero-order valence-corrected chi connectivity index (χ0v) is 6.37. The molecule has 0 unspecified atom stereocenters. The number of pyridine rings is 1. The predicted octanol–water partition coefficient (Wildman–Crippen LogP) is 1.26. The van der Waals surface area contributed by atoms with Crippen LogP contribution >= 0.6 is 0 Å². The third kappa shape index (κ3) is 1.77. The first-order valence-electron chi connectivity index (χ1n) is 3.48. The fraction of sp³-hybridized carbons (Fsp3) is 0.250. The van der Waals surface area contributed by atoms with E-state index in [4.69, 9.17) is 5.73 Å². The standard InChI is InChI=1S/C8H10N2O/c1-2-8(11)7-4-3-6(9)5-10-7/h3-5H,2,9H2,1H3. The average molecular weight is 150 g/mol. The summed E-state index contributed by atoms with van der Waals surface area (Å²) in [6, 6.07) is 3.32. The molecule has 1 heterocycles. The number of ketones is 1. The van der Waals surface area contributed by atoms with E-state index in [-0.39, 0.29) is 5.78 Å². The molecule has 3 heteroatoms. The molecule has 0 saturated heterocycles. The number of Topliss-reactive ketones (excluding diaryl/α,β-unsaturated/α-hetero) is 1. The Morgan fingerprint density at radius 3 is 2.82 bits per heavy atom. The van der Waals surface area contributed by atoms with Crippen LogP contribution in [-0.4, -0.2) is 10.8 Å². The topological polar surface area (TPSA) is 56.0 Å². The van der Waals surface area contributed by atoms with E-state index in [2.05, 4.69) is 4.98 Å². The Bertz CT molecular complexity index is 253. The van der Waals surface area contributed by atoms with Gasteiger partial charge in [-0.2, -0.15) is 0 Å². The van der Waals surface area contributed by atoms with Gasteiger partial charge in [0.1, 0.15) is 5.69 Å². The molecule has 1 aromatic rings. The quantitative estimate of drug-likeness (QED) is 0.645. The Balaban J connectivity index is 2.90. The van der Waals surface area contributed by atoms with Crippen LogP contribution in [0.2, 0.25) is 0 Å². The number of nitrogens with two attached hydrogens (primary N) is 1. The van der Waals surface area contributed by atoms with Gasteiger partial charge in [-0.15, -0.1) is 0 Å². The minimum atomic E-state index is 0.0463. The zero-order valence-electron chi connectivity index (χ0n) is 6.37. The second-order valence-corrected chi connectivity index (χ2v) is 2.25. The molecule has 0 aliphatic carbocycles. The summed E-state index contributed by atoms with van der Waals surface area (Å²) in [5.41, 5.74) is 6.46. The summed E-state index contributed by atoms with van der Waals surface area (Å²) in [5.74, 6) is 0.0463. The summed E-state index contributed by atoms with van der Waals surface area (Å²) in [6.45, 7) is 1.81. The summed E-state index contributed by atoms with van der Waals surface area (Å²) in [7, 11) is 0. The number of rotatable bonds is 2. The van der Waals surface area contributed by atoms with Crippen molar-refractivity contribution in [3.8, 4) is 0 Å². The van der Waals surface area contributed by atoms with Gasteiger partial charge in [0, 0.05) is 6.42 Å². The largest absolute Gasteiger partial charge is 0.397 e. The van der Waals surface area contributed by atoms with E-state index in [1.54, 1.807) is 19.1 Å². The van der Waals surface area contributed by atoms with E-state index in [1.165, 1.54) is 6.20 Å². The van der Waals surface area contributed by atoms with E-state index < -0.39 is 0 Å². The number of hydrogen-bond acceptors (Lipinski definition) is 3. The van der Waals surface area contributed by atoms with Gasteiger partial charge >= 0.3 is 0 Å². The number of nitrogens with zero attached hydrogens (tertiary/aromatic N) is 1. The minimum Gasteiger partial charge on any atom is -0.397 e. The Morgan fingerprint density at radius 1 is 1.64 bits per heavy atom. The molecule has 0 atom stereocenters. The monoisotopic (exact) mass is 150 g/mol. The van der Waals surface area contributed by atoms with Crippen LogP contribution in [-0.2, 0) is 0 Å². The summed E-state index contributed by atoms with van der Waals surface area (Å²) in [4.78, 5) is 14.9. The Hall–Kier alpha value is -1.38. The van der Waals surface area contributed by atoms with Crippen molar-refractivity contribution in [3.63, 3.8) is 0 Å². The molecule has 0 saturated carbocycles. The smallest absolute Gasteiger partial charge is 0.180 e. The first-order valence-corrected chi connectivity index (χ1v) is 3.48. The third-order valence-corrected chi connectivity index (χ3v) is 1.39. The maximum absolute atomic E-state index is 11.0. The molecule has 0 fully saturated rings. The SMILES string of the molecule is CCC(=O)c1ccc(N)cn1. The number of anilines is 1. The summed E-state index contributed by atoms with van der Waals surface area (Å²) >= 11 is 0. The molecule has 0 bridgehead atoms. The Morgan fingerprint density at radius 2 is 2.36 bits per heavy atom. The average Bonchev–Trinajstić information content (AvgIpc) is 2.05. The van der Waals surface area contributed by atoms with E-state index in [9.17, 15) is 4.79 Å². The first-order chi connectivity index (χ1) is 5.24. The van der Waals surface area contributed by atoms with Crippen molar-refractivity contribution in [2.24, 2.45) is 0 Å². The molecule has 0 aromatic carbocycles. The van der Waals surface area contributed by atoms with E-state index in [0.717, 1.165) is 0 Å². The van der Waals surface area contributed by atoms with Gasteiger partial charge in [-0.25, -0.2) is 0 Å². The molecule has 0 amide bonds. The molecule has 0 radical (unpaired) electrons. The van der Waals surface area contributed by atoms with Crippen LogP contribution in [0, 0.1) is 0 Å². The van der Waals surface area contributed by atoms with Crippen molar-refractivity contribution in [2.75, 3.05) is 5.73 Å². The fourth-order valence-electron chi connectivity index (χ4n) is 0.751. The van der Waals surface area contributed by atoms with Crippen molar-refractivity contribution in [3.05, 3.63) is 24.0 Å². The lowest BCUT2D eigenvalue weighted by Gasteiger charge is -1.95. The second kappa shape index (κ2) is 3.14. The normalized spacial score (nSPS) is 9.55. The lowest BCUT2D eigenvalue weighted by molar-refractivity contribution is 0.0983. The molecular formula is C8H10N2O. The number of carbonyl (C=O) groups excluding carboxylic acids is 1. The van der Waals surface area contributed by atoms with Crippen LogP contribution in [0.15, 0.2) is 18.3 Å². The highest BCUT2D eigenvalue weighted by atomic mass is 16.1. The van der Waals surface area contributed by atoms with Crippen molar-refractivity contribution in [2.45, 2.75) is 13.3 Å². The Kier molecular flexibility index (Phi) is 2.21. The van der Waals surface area contributed by atoms with Crippen LogP contribution in [0.4, 0.5) is 5.69 Å². The fourth-order valence-corrected chi connectivity index (χ4v) is 0.751. The van der Waals surface area contributed by atoms with Crippen molar-refractivity contribution < 1.29 is 4.79 Å². The van der Waals surface area contributed by atoms with Crippen molar-refractivity contribution in [1.29, 1.82) is 0 Å². The lowest BCUT2D eigenvalue weighted by atomic mass is 10.2. The molecule has 1 rings (SSSR count). The van der Waals surface area contributed by atoms with Crippen LogP contribution < -0.4 is 5.73 Å². The first kappa shape index (κ1) is 7.72. The van der Waals surface area contributed by atoms with E-state index in [0.29, 0.717) is 17.8 Å². The number of aromatic nitrogens is 1. The van der Waals surface area contributed by atoms with Gasteiger partial charge < -0.3 is 5.73 Å². The number of nitrogen functional groups attached to an aromatic ring is 1. The van der Waals surface area contributed by atoms with Gasteiger partial charge in [0.05, 0.1) is 11.9 Å². The summed E-state index contributed by atoms with van der Waals surface area (Å²) in [5, 5.41) is 0. The van der Waals surface area contributed by atoms with Gasteiger partial charge in [-0.3, -0.25) is 9.78 Å². The predicted molar refractivity (Wildman–Crippen MR) is 43.3 cm³/mol. The van der Waals surface area contributed by atoms with Gasteiger partial charge in [0.15, 0.2) is 5.78 Å². The van der Waals surface area contributed by atoms with Crippen LogP contribution in [0.5, 0.6) is 0 Å². The maximum Gasteiger partial charge on any atom is 0.180 e. The van der Waals surface area contributed by atoms with Crippen LogP contribution in [0.1, 0.15) is 23.8 Å². The summed E-state index contributed by atoms with van der Waals surface area (Å²) in [6.07, 6.45) is 1.97. The zero-order chi connectivity index (χ0) is 8.27. The molecule has 11 heavy (non-hydrogen) atoms. The van der Waals surface area contributed by atoms with Crippen LogP contribution in [0.3, 0.4) is 0 Å². The molecule has 0 aliphatic heterocycles. The van der Waals surface area contributed by atoms with Gasteiger partial charge in [-0.1, -0.05) is 6.92 Å². The van der Waals surface area contributed by atoms with E-state index in [1.807, 2.05) is 0 Å². The molecule has 3 nitrogen and oxygen atoms in total. The van der Waals surface area contributed by atoms with Crippen molar-refractivity contribution in [1.82, 2.24) is 4.98 Å².